The number of aliphatic hydroxyl groups is 3. The number of carboxylic acids is 1. The van der Waals surface area contributed by atoms with Crippen molar-refractivity contribution in [1.29, 1.82) is 0 Å². The first kappa shape index (κ1) is 78.4. The molecule has 9 heterocycles. The van der Waals surface area contributed by atoms with Gasteiger partial charge in [0.1, 0.15) is 107 Å². The van der Waals surface area contributed by atoms with Gasteiger partial charge in [-0.15, -0.1) is 0 Å². The number of aromatic hydroxyl groups is 6. The van der Waals surface area contributed by atoms with Gasteiger partial charge >= 0.3 is 5.97 Å². The molecule has 0 aliphatic carbocycles. The standard InChI is InChI=1S/C82H66Cl2N10O23S/c1-33(96)87-66-71(104)70(103)60(32-95)116-81(66)117-72-39-10-14-56(50(84)24-39)115-59-27-41-26-58(69(59)102)114-55-13-7-34(17-49(55)83)18-51-73(105)89-63(75(107)91-64(41)76(108)90-62-37-8-11-52(99)47(23-37)61-48(29-44(98)30-54(61)101)65(80(111)112)92-77(109)67(72)93-74(62)106)40-20-43(97)28-45(21-40)113-57-25-38(9-12-53(57)100)68(78(110)88-51)94-31-42-19-35-5-2-3-6-36(35)22-46(42)79(94)118-82-85-15-4-16-86-82/h2-17,19-31,51,60,62-68,70-72,81,95,97-104H,18,32H2,1H3,(H,87,96)(H,88,110)(H,89,105)(H,90,108)(H,91,107)(H,92,109)(H,93,106)(H,111,112)/t51-,60-,62-,63+,64-,65+,66-,67+,68-,70-,71-,72-,81+/m1/s1. The second kappa shape index (κ2) is 31.6. The van der Waals surface area contributed by atoms with Crippen molar-refractivity contribution in [3.05, 3.63) is 225 Å². The Morgan fingerprint density at radius 2 is 1.20 bits per heavy atom. The lowest BCUT2D eigenvalue weighted by molar-refractivity contribution is -0.284. The number of carbonyl (C=O) groups is 8. The van der Waals surface area contributed by atoms with Gasteiger partial charge in [-0.2, -0.15) is 0 Å². The van der Waals surface area contributed by atoms with Crippen molar-refractivity contribution >= 4 is 104 Å². The van der Waals surface area contributed by atoms with Crippen LogP contribution in [0.4, 0.5) is 0 Å². The Balaban J connectivity index is 0.884. The van der Waals surface area contributed by atoms with Crippen molar-refractivity contribution in [3.8, 4) is 80.1 Å². The molecule has 0 spiro atoms. The number of hydrogen-bond donors (Lipinski definition) is 17. The van der Waals surface area contributed by atoms with Gasteiger partial charge in [0.2, 0.25) is 47.1 Å². The summed E-state index contributed by atoms with van der Waals surface area (Å²) in [7, 11) is 0. The zero-order valence-electron chi connectivity index (χ0n) is 60.9. The average molecular weight is 1660 g/mol. The molecule has 9 aromatic carbocycles. The summed E-state index contributed by atoms with van der Waals surface area (Å²) < 4.78 is 33.5. The molecular formula is C82H66Cl2N10O23S. The fraction of sp³-hybridized carbons (Fsp3) is 0.195. The third kappa shape index (κ3) is 15.2. The number of fused-ring (bicyclic) bond motifs is 16. The molecule has 1 fully saturated rings. The molecule has 118 heavy (non-hydrogen) atoms. The van der Waals surface area contributed by atoms with Crippen LogP contribution in [0.5, 0.6) is 69.0 Å². The summed E-state index contributed by atoms with van der Waals surface area (Å²) in [6.45, 7) is 0.0177. The third-order valence-electron chi connectivity index (χ3n) is 20.5. The van der Waals surface area contributed by atoms with Gasteiger partial charge in [0.15, 0.2) is 40.5 Å². The normalized spacial score (nSPS) is 23.1. The number of rotatable bonds is 8. The molecule has 17 N–H and O–H groups in total. The molecule has 7 aliphatic heterocycles. The maximum absolute atomic E-state index is 16.5. The lowest BCUT2D eigenvalue weighted by Gasteiger charge is -2.44. The zero-order chi connectivity index (χ0) is 83.0. The highest BCUT2D eigenvalue weighted by molar-refractivity contribution is 7.99. The van der Waals surface area contributed by atoms with Crippen molar-refractivity contribution in [1.82, 2.24) is 51.8 Å². The fourth-order valence-corrected chi connectivity index (χ4v) is 16.4. The van der Waals surface area contributed by atoms with E-state index >= 15 is 28.8 Å². The highest BCUT2D eigenvalue weighted by atomic mass is 35.5. The number of carboxylic acid groups (broad SMARTS) is 1. The minimum atomic E-state index is -2.41. The van der Waals surface area contributed by atoms with E-state index in [0.29, 0.717) is 15.8 Å². The van der Waals surface area contributed by atoms with Crippen LogP contribution >= 0.6 is 35.0 Å². The predicted octanol–water partition coefficient (Wildman–Crippen LogP) is 7.59. The number of aliphatic hydroxyl groups excluding tert-OH is 3. The molecule has 36 heteroatoms. The quantitative estimate of drug-likeness (QED) is 0.0651. The van der Waals surface area contributed by atoms with Crippen molar-refractivity contribution in [2.45, 2.75) is 103 Å². The number of carbonyl (C=O) groups excluding carboxylic acids is 7. The molecule has 602 valence electrons. The molecule has 33 nitrogen and oxygen atoms in total. The number of ether oxygens (including phenoxy) is 5. The Morgan fingerprint density at radius 3 is 1.89 bits per heavy atom. The lowest BCUT2D eigenvalue weighted by Crippen LogP contribution is -2.65. The van der Waals surface area contributed by atoms with E-state index in [-0.39, 0.29) is 61.0 Å². The first-order valence-electron chi connectivity index (χ1n) is 36.2. The van der Waals surface area contributed by atoms with Crippen molar-refractivity contribution in [3.63, 3.8) is 0 Å². The minimum absolute atomic E-state index is 0.180. The summed E-state index contributed by atoms with van der Waals surface area (Å²) in [5.74, 6) is -17.1. The summed E-state index contributed by atoms with van der Waals surface area (Å²) in [5, 5.41) is 136. The molecule has 0 radical (unpaired) electrons. The van der Waals surface area contributed by atoms with Gasteiger partial charge in [-0.05, 0) is 153 Å². The highest BCUT2D eigenvalue weighted by Crippen LogP contribution is 2.50. The third-order valence-corrected chi connectivity index (χ3v) is 22.2. The van der Waals surface area contributed by atoms with Crippen molar-refractivity contribution < 1.29 is 113 Å². The summed E-state index contributed by atoms with van der Waals surface area (Å²) in [6, 6.07) is 18.5. The number of aromatic nitrogens is 3. The molecular weight excluding hydrogens is 1600 g/mol. The maximum atomic E-state index is 16.5. The summed E-state index contributed by atoms with van der Waals surface area (Å²) in [5.41, 5.74) is -2.59. The van der Waals surface area contributed by atoms with E-state index in [1.807, 2.05) is 36.4 Å². The predicted molar refractivity (Wildman–Crippen MR) is 416 cm³/mol. The van der Waals surface area contributed by atoms with Gasteiger partial charge < -0.3 is 117 Å². The van der Waals surface area contributed by atoms with Gasteiger partial charge in [-0.3, -0.25) is 33.6 Å². The molecule has 0 saturated carbocycles. The average Bonchev–Trinajstić information content (AvgIpc) is 0.965. The molecule has 18 rings (SSSR count). The van der Waals surface area contributed by atoms with E-state index in [9.17, 15) is 60.7 Å². The number of hydrogen-bond acceptors (Lipinski definition) is 25. The highest BCUT2D eigenvalue weighted by Gasteiger charge is 2.50. The summed E-state index contributed by atoms with van der Waals surface area (Å²) >= 11 is 15.5. The van der Waals surface area contributed by atoms with Crippen molar-refractivity contribution in [2.75, 3.05) is 6.61 Å². The Kier molecular flexibility index (Phi) is 21.0. The molecule has 0 unspecified atom stereocenters. The number of phenolic OH excluding ortho intramolecular Hbond substituents is 6. The van der Waals surface area contributed by atoms with E-state index in [1.165, 1.54) is 48.5 Å². The summed E-state index contributed by atoms with van der Waals surface area (Å²) in [6.07, 6.45) is -5.51. The van der Waals surface area contributed by atoms with Crippen LogP contribution < -0.4 is 51.4 Å². The Labute approximate surface area is 679 Å². The van der Waals surface area contributed by atoms with E-state index < -0.39 is 213 Å². The van der Waals surface area contributed by atoms with Crippen LogP contribution in [0.1, 0.15) is 82.2 Å². The van der Waals surface area contributed by atoms with Crippen LogP contribution in [0, 0.1) is 0 Å². The lowest BCUT2D eigenvalue weighted by atomic mass is 9.89. The van der Waals surface area contributed by atoms with Gasteiger partial charge in [0, 0.05) is 71.5 Å². The minimum Gasteiger partial charge on any atom is -0.508 e. The van der Waals surface area contributed by atoms with Gasteiger partial charge in [0.25, 0.3) is 0 Å². The van der Waals surface area contributed by atoms with E-state index in [1.54, 1.807) is 29.2 Å². The number of phenols is 6. The number of amides is 7. The number of nitrogens with zero attached hydrogens (tertiary/aromatic N) is 3. The van der Waals surface area contributed by atoms with Crippen LogP contribution in [0.3, 0.4) is 0 Å². The molecule has 1 saturated heterocycles. The molecule has 17 bridgehead atoms. The van der Waals surface area contributed by atoms with Crippen LogP contribution in [-0.2, 0) is 54.3 Å². The SMILES string of the molecule is CC(=O)N[C@H]1[C@H](O[C@@H]2c3ccc(c(Cl)c3)Oc3cc4cc(c3O)Oc3ccc(cc3Cl)C[C@H]3NC(=O)[C@H](n5cc6cc7ccccc7cc6c5Sc5ncccn5)c5ccc(O)c(c5)Oc5cc(O)cc(c5)[C@H](NC3=O)C(=O)N[C@H]4C(=O)N[C@H]3C(=O)N[C@@H]2C(=O)N[C@H](C(=O)O)c2cc(O)cc(O)c2-c2cc3ccc2O)O[C@H](CO)[C@@H](O)[C@@H]1O. The Bertz CT molecular complexity index is 6000. The van der Waals surface area contributed by atoms with Gasteiger partial charge in [-0.1, -0.05) is 71.7 Å². The number of aliphatic carboxylic acids is 1. The first-order valence-corrected chi connectivity index (χ1v) is 37.8. The van der Waals surface area contributed by atoms with Crippen LogP contribution in [-0.4, -0.2) is 162 Å². The Morgan fingerprint density at radius 1 is 0.576 bits per heavy atom. The molecule has 2 aromatic heterocycles. The number of nitrogens with one attached hydrogen (secondary N) is 7. The van der Waals surface area contributed by atoms with E-state index in [0.717, 1.165) is 96.2 Å². The summed E-state index contributed by atoms with van der Waals surface area (Å²) in [4.78, 5) is 132. The maximum Gasteiger partial charge on any atom is 0.330 e. The fourth-order valence-electron chi connectivity index (χ4n) is 15.0. The second-order valence-electron chi connectivity index (χ2n) is 28.3. The zero-order valence-corrected chi connectivity index (χ0v) is 63.3. The Hall–Kier alpha value is -13.4. The number of benzene rings is 9. The molecule has 7 amide bonds. The monoisotopic (exact) mass is 1660 g/mol. The number of halogens is 2. The smallest absolute Gasteiger partial charge is 0.330 e. The van der Waals surface area contributed by atoms with Crippen molar-refractivity contribution in [2.24, 2.45) is 0 Å². The van der Waals surface area contributed by atoms with Crippen LogP contribution in [0.15, 0.2) is 186 Å². The largest absolute Gasteiger partial charge is 0.508 e. The van der Waals surface area contributed by atoms with Gasteiger partial charge in [-0.25, -0.2) is 14.8 Å². The van der Waals surface area contributed by atoms with Crippen LogP contribution in [0.2, 0.25) is 10.0 Å². The van der Waals surface area contributed by atoms with E-state index in [2.05, 4.69) is 47.2 Å². The van der Waals surface area contributed by atoms with E-state index in [4.69, 9.17) is 46.9 Å². The van der Waals surface area contributed by atoms with Gasteiger partial charge in [0.05, 0.1) is 21.7 Å². The van der Waals surface area contributed by atoms with Crippen LogP contribution in [0.25, 0.3) is 32.7 Å². The second-order valence-corrected chi connectivity index (χ2v) is 30.1. The topological polar surface area (TPSA) is 500 Å². The molecule has 13 atom stereocenters. The molecule has 7 aliphatic rings. The molecule has 11 aromatic rings. The first-order chi connectivity index (χ1) is 56.6.